The van der Waals surface area contributed by atoms with Crippen LogP contribution >= 0.6 is 11.6 Å². The lowest BCUT2D eigenvalue weighted by atomic mass is 10.2. The minimum absolute atomic E-state index is 0.00507. The quantitative estimate of drug-likeness (QED) is 0.816. The van der Waals surface area contributed by atoms with Gasteiger partial charge in [0.25, 0.3) is 0 Å². The molecule has 0 atom stereocenters. The van der Waals surface area contributed by atoms with Crippen molar-refractivity contribution in [2.24, 2.45) is 0 Å². The maximum absolute atomic E-state index is 12.7. The molecule has 132 valence electrons. The molecule has 0 saturated heterocycles. The van der Waals surface area contributed by atoms with Crippen LogP contribution in [0, 0.1) is 0 Å². The molecule has 0 spiro atoms. The van der Waals surface area contributed by atoms with Crippen LogP contribution in [0.1, 0.15) is 18.4 Å². The van der Waals surface area contributed by atoms with Gasteiger partial charge in [0.1, 0.15) is 0 Å². The summed E-state index contributed by atoms with van der Waals surface area (Å²) in [6.07, 6.45) is -2.60. The van der Waals surface area contributed by atoms with Gasteiger partial charge >= 0.3 is 6.18 Å². The van der Waals surface area contributed by atoms with Gasteiger partial charge in [-0.1, -0.05) is 11.6 Å². The Morgan fingerprint density at radius 1 is 1.25 bits per heavy atom. The number of alkyl halides is 3. The average molecular weight is 364 g/mol. The largest absolute Gasteiger partial charge is 0.416 e. The molecule has 9 heteroatoms. The maximum atomic E-state index is 12.7. The van der Waals surface area contributed by atoms with Crippen LogP contribution in [-0.2, 0) is 15.8 Å². The zero-order chi connectivity index (χ0) is 17.9. The number of anilines is 1. The van der Waals surface area contributed by atoms with Crippen LogP contribution in [-0.4, -0.2) is 42.9 Å². The molecule has 1 saturated carbocycles. The molecule has 0 bridgehead atoms. The summed E-state index contributed by atoms with van der Waals surface area (Å²) in [5.74, 6) is -0.747. The van der Waals surface area contributed by atoms with Gasteiger partial charge in [-0.05, 0) is 38.1 Å². The smallest absolute Gasteiger partial charge is 0.352 e. The molecule has 24 heavy (non-hydrogen) atoms. The van der Waals surface area contributed by atoms with Gasteiger partial charge in [-0.3, -0.25) is 14.5 Å². The van der Waals surface area contributed by atoms with Crippen molar-refractivity contribution in [3.63, 3.8) is 0 Å². The van der Waals surface area contributed by atoms with Crippen LogP contribution in [0.4, 0.5) is 18.9 Å². The number of carbonyl (C=O) groups excluding carboxylic acids is 2. The van der Waals surface area contributed by atoms with Crippen LogP contribution in [0.5, 0.6) is 0 Å². The number of halogens is 4. The Morgan fingerprint density at radius 3 is 2.46 bits per heavy atom. The van der Waals surface area contributed by atoms with Gasteiger partial charge < -0.3 is 10.6 Å². The summed E-state index contributed by atoms with van der Waals surface area (Å²) in [6.45, 7) is -0.120. The van der Waals surface area contributed by atoms with E-state index in [0.29, 0.717) is 0 Å². The molecule has 1 fully saturated rings. The first-order valence-corrected chi connectivity index (χ1v) is 7.67. The molecule has 1 aliphatic rings. The van der Waals surface area contributed by atoms with E-state index in [9.17, 15) is 22.8 Å². The fraction of sp³-hybridized carbons (Fsp3) is 0.467. The standard InChI is InChI=1S/C15H17ClF3N3O2/c1-22(7-13(23)20-10-3-4-10)8-14(24)21-12-6-9(15(17,18)19)2-5-11(12)16/h2,5-6,10H,3-4,7-8H2,1H3,(H,20,23)(H,21,24). The second-order valence-electron chi connectivity index (χ2n) is 5.75. The van der Waals surface area contributed by atoms with Crippen molar-refractivity contribution < 1.29 is 22.8 Å². The first-order chi connectivity index (χ1) is 11.1. The topological polar surface area (TPSA) is 61.4 Å². The van der Waals surface area contributed by atoms with Crippen LogP contribution in [0.3, 0.4) is 0 Å². The molecule has 2 rings (SSSR count). The highest BCUT2D eigenvalue weighted by Gasteiger charge is 2.31. The molecule has 0 aromatic heterocycles. The third-order valence-corrected chi connectivity index (χ3v) is 3.67. The number of benzene rings is 1. The Bertz CT molecular complexity index is 633. The van der Waals surface area contributed by atoms with E-state index in [0.717, 1.165) is 31.0 Å². The van der Waals surface area contributed by atoms with Gasteiger partial charge in [0.2, 0.25) is 11.8 Å². The summed E-state index contributed by atoms with van der Waals surface area (Å²) < 4.78 is 38.1. The van der Waals surface area contributed by atoms with Crippen LogP contribution in [0.25, 0.3) is 0 Å². The number of hydrogen-bond donors (Lipinski definition) is 2. The number of rotatable bonds is 6. The highest BCUT2D eigenvalue weighted by molar-refractivity contribution is 6.33. The molecule has 0 unspecified atom stereocenters. The lowest BCUT2D eigenvalue weighted by Gasteiger charge is -2.17. The summed E-state index contributed by atoms with van der Waals surface area (Å²) in [4.78, 5) is 25.0. The van der Waals surface area contributed by atoms with E-state index in [-0.39, 0.29) is 35.7 Å². The van der Waals surface area contributed by atoms with Crippen LogP contribution in [0.2, 0.25) is 5.02 Å². The number of hydrogen-bond acceptors (Lipinski definition) is 3. The summed E-state index contributed by atoms with van der Waals surface area (Å²) >= 11 is 5.82. The number of carbonyl (C=O) groups is 2. The molecule has 2 amide bonds. The molecule has 0 heterocycles. The third kappa shape index (κ3) is 5.68. The molecule has 5 nitrogen and oxygen atoms in total. The number of amides is 2. The monoisotopic (exact) mass is 363 g/mol. The fourth-order valence-electron chi connectivity index (χ4n) is 2.03. The Balaban J connectivity index is 1.90. The highest BCUT2D eigenvalue weighted by Crippen LogP contribution is 2.33. The average Bonchev–Trinajstić information content (AvgIpc) is 3.23. The molecule has 2 N–H and O–H groups in total. The lowest BCUT2D eigenvalue weighted by Crippen LogP contribution is -2.39. The van der Waals surface area contributed by atoms with Crippen molar-refractivity contribution in [1.29, 1.82) is 0 Å². The second kappa shape index (κ2) is 7.40. The zero-order valence-electron chi connectivity index (χ0n) is 12.9. The fourth-order valence-corrected chi connectivity index (χ4v) is 2.20. The summed E-state index contributed by atoms with van der Waals surface area (Å²) in [7, 11) is 1.57. The maximum Gasteiger partial charge on any atom is 0.416 e. The van der Waals surface area contributed by atoms with E-state index >= 15 is 0 Å². The number of nitrogens with one attached hydrogen (secondary N) is 2. The molecule has 0 radical (unpaired) electrons. The van der Waals surface area contributed by atoms with Crippen molar-refractivity contribution in [2.75, 3.05) is 25.5 Å². The molecule has 1 aromatic carbocycles. The van der Waals surface area contributed by atoms with Crippen LogP contribution < -0.4 is 10.6 Å². The number of nitrogens with zero attached hydrogens (tertiary/aromatic N) is 1. The molecule has 1 aliphatic carbocycles. The second-order valence-corrected chi connectivity index (χ2v) is 6.16. The van der Waals surface area contributed by atoms with Crippen molar-refractivity contribution in [3.05, 3.63) is 28.8 Å². The molecular weight excluding hydrogens is 347 g/mol. The predicted octanol–water partition coefficient (Wildman–Crippen LogP) is 2.51. The van der Waals surface area contributed by atoms with Gasteiger partial charge in [-0.25, -0.2) is 0 Å². The van der Waals surface area contributed by atoms with Gasteiger partial charge in [-0.15, -0.1) is 0 Å². The van der Waals surface area contributed by atoms with Crippen LogP contribution in [0.15, 0.2) is 18.2 Å². The van der Waals surface area contributed by atoms with Gasteiger partial charge in [0.15, 0.2) is 0 Å². The summed E-state index contributed by atoms with van der Waals surface area (Å²) in [5, 5.41) is 5.12. The zero-order valence-corrected chi connectivity index (χ0v) is 13.7. The van der Waals surface area contributed by atoms with E-state index in [1.807, 2.05) is 0 Å². The lowest BCUT2D eigenvalue weighted by molar-refractivity contribution is -0.137. The molecular formula is C15H17ClF3N3O2. The third-order valence-electron chi connectivity index (χ3n) is 3.34. The first kappa shape index (κ1) is 18.5. The van der Waals surface area contributed by atoms with Crippen molar-refractivity contribution in [1.82, 2.24) is 10.2 Å². The van der Waals surface area contributed by atoms with Gasteiger partial charge in [-0.2, -0.15) is 13.2 Å². The van der Waals surface area contributed by atoms with E-state index in [1.165, 1.54) is 4.90 Å². The minimum atomic E-state index is -4.53. The Hall–Kier alpha value is -1.80. The van der Waals surface area contributed by atoms with Crippen molar-refractivity contribution >= 4 is 29.1 Å². The normalized spacial score (nSPS) is 14.6. The van der Waals surface area contributed by atoms with E-state index in [1.54, 1.807) is 7.05 Å². The van der Waals surface area contributed by atoms with Crippen molar-refractivity contribution in [3.8, 4) is 0 Å². The van der Waals surface area contributed by atoms with Gasteiger partial charge in [0.05, 0.1) is 29.4 Å². The minimum Gasteiger partial charge on any atom is -0.352 e. The molecule has 0 aliphatic heterocycles. The molecule has 1 aromatic rings. The predicted molar refractivity (Wildman–Crippen MR) is 83.7 cm³/mol. The van der Waals surface area contributed by atoms with E-state index in [4.69, 9.17) is 11.6 Å². The van der Waals surface area contributed by atoms with E-state index < -0.39 is 17.6 Å². The SMILES string of the molecule is CN(CC(=O)Nc1cc(C(F)(F)F)ccc1Cl)CC(=O)NC1CC1. The summed E-state index contributed by atoms with van der Waals surface area (Å²) in [6, 6.07) is 2.92. The Kier molecular flexibility index (Phi) is 5.71. The van der Waals surface area contributed by atoms with E-state index in [2.05, 4.69) is 10.6 Å². The summed E-state index contributed by atoms with van der Waals surface area (Å²) in [5.41, 5.74) is -1.02. The Labute approximate surface area is 142 Å². The number of likely N-dealkylation sites (N-methyl/N-ethyl adjacent to an activating group) is 1. The van der Waals surface area contributed by atoms with Crippen molar-refractivity contribution in [2.45, 2.75) is 25.1 Å². The van der Waals surface area contributed by atoms with Gasteiger partial charge in [0, 0.05) is 6.04 Å². The first-order valence-electron chi connectivity index (χ1n) is 7.29. The highest BCUT2D eigenvalue weighted by atomic mass is 35.5. The Morgan fingerprint density at radius 2 is 1.88 bits per heavy atom.